The van der Waals surface area contributed by atoms with Crippen LogP contribution in [0, 0.1) is 5.92 Å². The van der Waals surface area contributed by atoms with Gasteiger partial charge < -0.3 is 10.5 Å². The molecule has 1 aromatic carbocycles. The molecule has 2 nitrogen and oxygen atoms in total. The molecule has 1 aromatic rings. The fraction of sp³-hybridized carbons (Fsp3) is 0.647. The molecule has 2 heteroatoms. The zero-order chi connectivity index (χ0) is 13.2. The van der Waals surface area contributed by atoms with Gasteiger partial charge in [-0.15, -0.1) is 0 Å². The van der Waals surface area contributed by atoms with E-state index in [-0.39, 0.29) is 6.04 Å². The van der Waals surface area contributed by atoms with Gasteiger partial charge in [0.2, 0.25) is 0 Å². The van der Waals surface area contributed by atoms with Crippen LogP contribution in [-0.2, 0) is 17.6 Å². The summed E-state index contributed by atoms with van der Waals surface area (Å²) >= 11 is 0. The van der Waals surface area contributed by atoms with Gasteiger partial charge in [0, 0.05) is 18.6 Å². The van der Waals surface area contributed by atoms with E-state index in [4.69, 9.17) is 10.5 Å². The zero-order valence-corrected chi connectivity index (χ0v) is 11.9. The van der Waals surface area contributed by atoms with E-state index >= 15 is 0 Å². The number of fused-ring (bicyclic) bond motifs is 1. The Morgan fingerprint density at radius 3 is 2.84 bits per heavy atom. The fourth-order valence-corrected chi connectivity index (χ4v) is 3.70. The van der Waals surface area contributed by atoms with Crippen LogP contribution in [0.25, 0.3) is 0 Å². The average molecular weight is 259 g/mol. The molecule has 3 atom stereocenters. The van der Waals surface area contributed by atoms with E-state index < -0.39 is 0 Å². The maximum absolute atomic E-state index is 6.52. The van der Waals surface area contributed by atoms with Gasteiger partial charge in [0.25, 0.3) is 0 Å². The van der Waals surface area contributed by atoms with Crippen molar-refractivity contribution < 1.29 is 4.74 Å². The van der Waals surface area contributed by atoms with Crippen molar-refractivity contribution in [3.8, 4) is 0 Å². The first kappa shape index (κ1) is 13.1. The van der Waals surface area contributed by atoms with E-state index in [1.165, 1.54) is 42.4 Å². The Labute approximate surface area is 116 Å². The molecule has 0 spiro atoms. The lowest BCUT2D eigenvalue weighted by molar-refractivity contribution is 0.0813. The molecule has 1 saturated heterocycles. The van der Waals surface area contributed by atoms with Crippen molar-refractivity contribution in [2.75, 3.05) is 6.61 Å². The first-order valence-corrected chi connectivity index (χ1v) is 7.78. The lowest BCUT2D eigenvalue weighted by atomic mass is 9.84. The van der Waals surface area contributed by atoms with Crippen molar-refractivity contribution in [1.29, 1.82) is 0 Å². The number of rotatable bonds is 3. The van der Waals surface area contributed by atoms with E-state index in [9.17, 15) is 0 Å². The summed E-state index contributed by atoms with van der Waals surface area (Å²) in [4.78, 5) is 0. The van der Waals surface area contributed by atoms with Gasteiger partial charge in [-0.3, -0.25) is 0 Å². The molecule has 0 radical (unpaired) electrons. The molecule has 1 aliphatic carbocycles. The van der Waals surface area contributed by atoms with Crippen LogP contribution in [0.15, 0.2) is 18.2 Å². The van der Waals surface area contributed by atoms with Crippen molar-refractivity contribution in [1.82, 2.24) is 0 Å². The zero-order valence-electron chi connectivity index (χ0n) is 11.9. The number of hydrogen-bond donors (Lipinski definition) is 1. The Kier molecular flexibility index (Phi) is 3.90. The molecule has 3 unspecified atom stereocenters. The summed E-state index contributed by atoms with van der Waals surface area (Å²) in [5.74, 6) is 0.492. The molecular weight excluding hydrogens is 234 g/mol. The molecule has 1 aliphatic heterocycles. The highest BCUT2D eigenvalue weighted by molar-refractivity contribution is 5.35. The molecule has 1 fully saturated rings. The van der Waals surface area contributed by atoms with Gasteiger partial charge in [0.1, 0.15) is 0 Å². The summed E-state index contributed by atoms with van der Waals surface area (Å²) < 4.78 is 5.79. The molecule has 1 heterocycles. The fourth-order valence-electron chi connectivity index (χ4n) is 3.70. The first-order chi connectivity index (χ1) is 9.29. The molecule has 104 valence electrons. The number of benzene rings is 1. The Hall–Kier alpha value is -0.860. The second-order valence-electron chi connectivity index (χ2n) is 6.03. The van der Waals surface area contributed by atoms with Gasteiger partial charge in [-0.25, -0.2) is 0 Å². The van der Waals surface area contributed by atoms with Crippen molar-refractivity contribution in [2.24, 2.45) is 11.7 Å². The third kappa shape index (κ3) is 2.56. The number of nitrogens with two attached hydrogens (primary N) is 1. The van der Waals surface area contributed by atoms with Gasteiger partial charge in [-0.1, -0.05) is 25.1 Å². The minimum absolute atomic E-state index is 0.139. The predicted molar refractivity (Wildman–Crippen MR) is 78.2 cm³/mol. The summed E-state index contributed by atoms with van der Waals surface area (Å²) in [7, 11) is 0. The summed E-state index contributed by atoms with van der Waals surface area (Å²) in [6.07, 6.45) is 7.68. The SMILES string of the molecule is CCC1OCCC1C(N)c1ccc2c(c1)CCCC2. The minimum Gasteiger partial charge on any atom is -0.378 e. The number of ether oxygens (including phenoxy) is 1. The van der Waals surface area contributed by atoms with Gasteiger partial charge in [-0.05, 0) is 55.2 Å². The van der Waals surface area contributed by atoms with Crippen molar-refractivity contribution in [3.05, 3.63) is 34.9 Å². The van der Waals surface area contributed by atoms with Crippen LogP contribution < -0.4 is 5.73 Å². The van der Waals surface area contributed by atoms with E-state index in [0.717, 1.165) is 19.4 Å². The second kappa shape index (κ2) is 5.64. The van der Waals surface area contributed by atoms with E-state index in [0.29, 0.717) is 12.0 Å². The van der Waals surface area contributed by atoms with Gasteiger partial charge in [-0.2, -0.15) is 0 Å². The Bertz CT molecular complexity index is 443. The van der Waals surface area contributed by atoms with Crippen LogP contribution in [0.4, 0.5) is 0 Å². The standard InChI is InChI=1S/C17H25NO/c1-2-16-15(9-10-19-16)17(18)14-8-7-12-5-3-4-6-13(12)11-14/h7-8,11,15-17H,2-6,9-10,18H2,1H3. The third-order valence-corrected chi connectivity index (χ3v) is 4.88. The topological polar surface area (TPSA) is 35.2 Å². The van der Waals surface area contributed by atoms with Crippen LogP contribution in [0.2, 0.25) is 0 Å². The summed E-state index contributed by atoms with van der Waals surface area (Å²) in [6.45, 7) is 3.07. The maximum atomic E-state index is 6.52. The predicted octanol–water partition coefficient (Wildman–Crippen LogP) is 3.38. The van der Waals surface area contributed by atoms with E-state index in [2.05, 4.69) is 25.1 Å². The third-order valence-electron chi connectivity index (χ3n) is 4.88. The Morgan fingerprint density at radius 1 is 1.26 bits per heavy atom. The molecule has 0 saturated carbocycles. The summed E-state index contributed by atoms with van der Waals surface area (Å²) in [6, 6.07) is 7.06. The van der Waals surface area contributed by atoms with Gasteiger partial charge >= 0.3 is 0 Å². The molecule has 3 rings (SSSR count). The minimum atomic E-state index is 0.139. The second-order valence-corrected chi connectivity index (χ2v) is 6.03. The van der Waals surface area contributed by atoms with Gasteiger partial charge in [0.05, 0.1) is 6.10 Å². The number of aryl methyl sites for hydroxylation is 2. The number of hydrogen-bond acceptors (Lipinski definition) is 2. The van der Waals surface area contributed by atoms with Crippen molar-refractivity contribution in [3.63, 3.8) is 0 Å². The molecule has 2 N–H and O–H groups in total. The molecule has 0 amide bonds. The molecule has 0 bridgehead atoms. The lowest BCUT2D eigenvalue weighted by Crippen LogP contribution is -2.28. The molecule has 0 aromatic heterocycles. The Balaban J connectivity index is 1.81. The van der Waals surface area contributed by atoms with Gasteiger partial charge in [0.15, 0.2) is 0 Å². The quantitative estimate of drug-likeness (QED) is 0.903. The highest BCUT2D eigenvalue weighted by Gasteiger charge is 2.32. The van der Waals surface area contributed by atoms with Crippen LogP contribution in [-0.4, -0.2) is 12.7 Å². The smallest absolute Gasteiger partial charge is 0.0619 e. The average Bonchev–Trinajstić information content (AvgIpc) is 2.94. The highest BCUT2D eigenvalue weighted by Crippen LogP contribution is 2.34. The van der Waals surface area contributed by atoms with Crippen LogP contribution >= 0.6 is 0 Å². The normalized spacial score (nSPS) is 28.1. The first-order valence-electron chi connectivity index (χ1n) is 7.78. The molecular formula is C17H25NO. The summed E-state index contributed by atoms with van der Waals surface area (Å²) in [5.41, 5.74) is 10.9. The molecule has 19 heavy (non-hydrogen) atoms. The van der Waals surface area contributed by atoms with Crippen LogP contribution in [0.5, 0.6) is 0 Å². The van der Waals surface area contributed by atoms with E-state index in [1.54, 1.807) is 0 Å². The summed E-state index contributed by atoms with van der Waals surface area (Å²) in [5, 5.41) is 0. The molecule has 2 aliphatic rings. The largest absolute Gasteiger partial charge is 0.378 e. The monoisotopic (exact) mass is 259 g/mol. The van der Waals surface area contributed by atoms with Crippen LogP contribution in [0.1, 0.15) is 55.3 Å². The van der Waals surface area contributed by atoms with E-state index in [1.807, 2.05) is 0 Å². The highest BCUT2D eigenvalue weighted by atomic mass is 16.5. The van der Waals surface area contributed by atoms with Crippen LogP contribution in [0.3, 0.4) is 0 Å². The van der Waals surface area contributed by atoms with Crippen molar-refractivity contribution in [2.45, 2.75) is 57.6 Å². The Morgan fingerprint density at radius 2 is 2.05 bits per heavy atom. The maximum Gasteiger partial charge on any atom is 0.0619 e. The lowest BCUT2D eigenvalue weighted by Gasteiger charge is -2.25. The van der Waals surface area contributed by atoms with Crippen molar-refractivity contribution >= 4 is 0 Å².